The van der Waals surface area contributed by atoms with Gasteiger partial charge in [-0.15, -0.1) is 0 Å². The Hall–Kier alpha value is -2.41. The van der Waals surface area contributed by atoms with E-state index in [1.54, 1.807) is 23.1 Å². The quantitative estimate of drug-likeness (QED) is 0.757. The molecule has 2 heterocycles. The normalized spacial score (nSPS) is 23.7. The molecule has 0 radical (unpaired) electrons. The van der Waals surface area contributed by atoms with Gasteiger partial charge in [-0.25, -0.2) is 17.6 Å². The minimum Gasteiger partial charge on any atom is -0.314 e. The van der Waals surface area contributed by atoms with E-state index in [0.29, 0.717) is 11.3 Å². The number of halogens is 1. The number of aryl methyl sites for hydroxylation is 1. The summed E-state index contributed by atoms with van der Waals surface area (Å²) < 4.78 is 38.6. The standard InChI is InChI=1S/C20H21FN2O3S/c1-2-14-7-9-16(10-8-14)23-19-13-27(25,26)12-18(19)22(20(23)24)11-15-5-3-4-6-17(15)21/h3-10,18-19H,2,11-13H2,1H3/t18-,19-/m0/s1. The van der Waals surface area contributed by atoms with E-state index in [1.807, 2.05) is 31.2 Å². The lowest BCUT2D eigenvalue weighted by Crippen LogP contribution is -2.37. The number of benzene rings is 2. The first-order valence-corrected chi connectivity index (χ1v) is 10.8. The second-order valence-corrected chi connectivity index (χ2v) is 9.26. The lowest BCUT2D eigenvalue weighted by molar-refractivity contribution is 0.205. The highest BCUT2D eigenvalue weighted by molar-refractivity contribution is 7.91. The topological polar surface area (TPSA) is 57.7 Å². The minimum absolute atomic E-state index is 0.0612. The van der Waals surface area contributed by atoms with Gasteiger partial charge in [0.1, 0.15) is 5.82 Å². The van der Waals surface area contributed by atoms with Crippen molar-refractivity contribution in [1.29, 1.82) is 0 Å². The fourth-order valence-electron chi connectivity index (χ4n) is 3.97. The van der Waals surface area contributed by atoms with E-state index in [-0.39, 0.29) is 24.1 Å². The molecule has 7 heteroatoms. The van der Waals surface area contributed by atoms with Gasteiger partial charge in [0.05, 0.1) is 30.1 Å². The first-order chi connectivity index (χ1) is 12.9. The van der Waals surface area contributed by atoms with Crippen LogP contribution in [0.3, 0.4) is 0 Å². The number of anilines is 1. The van der Waals surface area contributed by atoms with Crippen molar-refractivity contribution in [2.24, 2.45) is 0 Å². The summed E-state index contributed by atoms with van der Waals surface area (Å²) in [5.74, 6) is -0.540. The first-order valence-electron chi connectivity index (χ1n) is 9.02. The zero-order chi connectivity index (χ0) is 19.2. The molecule has 2 aliphatic heterocycles. The van der Waals surface area contributed by atoms with Gasteiger partial charge in [0.15, 0.2) is 9.84 Å². The summed E-state index contributed by atoms with van der Waals surface area (Å²) in [7, 11) is -3.25. The molecule has 4 rings (SSSR count). The van der Waals surface area contributed by atoms with Crippen LogP contribution < -0.4 is 4.90 Å². The number of carbonyl (C=O) groups excluding carboxylic acids is 1. The van der Waals surface area contributed by atoms with Crippen LogP contribution in [0.25, 0.3) is 0 Å². The van der Waals surface area contributed by atoms with Gasteiger partial charge >= 0.3 is 6.03 Å². The summed E-state index contributed by atoms with van der Waals surface area (Å²) in [6, 6.07) is 12.7. The highest BCUT2D eigenvalue weighted by atomic mass is 32.2. The van der Waals surface area contributed by atoms with Gasteiger partial charge < -0.3 is 4.90 Å². The molecule has 0 unspecified atom stereocenters. The molecule has 0 saturated carbocycles. The lowest BCUT2D eigenvalue weighted by atomic mass is 10.1. The summed E-state index contributed by atoms with van der Waals surface area (Å²) in [6.45, 7) is 2.11. The van der Waals surface area contributed by atoms with Crippen LogP contribution in [0.2, 0.25) is 0 Å². The molecule has 2 aromatic rings. The molecule has 2 aliphatic rings. The zero-order valence-corrected chi connectivity index (χ0v) is 15.8. The summed E-state index contributed by atoms with van der Waals surface area (Å²) in [5.41, 5.74) is 2.21. The van der Waals surface area contributed by atoms with E-state index >= 15 is 0 Å². The number of nitrogens with zero attached hydrogens (tertiary/aromatic N) is 2. The van der Waals surface area contributed by atoms with Crippen molar-refractivity contribution in [2.75, 3.05) is 16.4 Å². The molecule has 27 heavy (non-hydrogen) atoms. The Balaban J connectivity index is 1.70. The average molecular weight is 388 g/mol. The van der Waals surface area contributed by atoms with Crippen molar-refractivity contribution in [2.45, 2.75) is 32.0 Å². The number of rotatable bonds is 4. The molecule has 5 nitrogen and oxygen atoms in total. The summed E-state index contributed by atoms with van der Waals surface area (Å²) >= 11 is 0. The predicted octanol–water partition coefficient (Wildman–Crippen LogP) is 3.00. The van der Waals surface area contributed by atoms with Crippen LogP contribution in [0.4, 0.5) is 14.9 Å². The number of hydrogen-bond acceptors (Lipinski definition) is 3. The molecule has 0 spiro atoms. The van der Waals surface area contributed by atoms with Crippen LogP contribution >= 0.6 is 0 Å². The lowest BCUT2D eigenvalue weighted by Gasteiger charge is -2.23. The highest BCUT2D eigenvalue weighted by Crippen LogP contribution is 2.36. The Morgan fingerprint density at radius 1 is 1.04 bits per heavy atom. The van der Waals surface area contributed by atoms with Gasteiger partial charge in [-0.1, -0.05) is 37.3 Å². The second kappa shape index (κ2) is 6.64. The van der Waals surface area contributed by atoms with Crippen LogP contribution in [0.15, 0.2) is 48.5 Å². The van der Waals surface area contributed by atoms with Gasteiger partial charge in [0.2, 0.25) is 0 Å². The minimum atomic E-state index is -3.25. The third-order valence-corrected chi connectivity index (χ3v) is 7.10. The van der Waals surface area contributed by atoms with E-state index in [0.717, 1.165) is 12.0 Å². The van der Waals surface area contributed by atoms with Gasteiger partial charge in [0.25, 0.3) is 0 Å². The number of sulfone groups is 1. The number of hydrogen-bond donors (Lipinski definition) is 0. The van der Waals surface area contributed by atoms with Crippen molar-refractivity contribution >= 4 is 21.6 Å². The number of fused-ring (bicyclic) bond motifs is 1. The molecule has 2 amide bonds. The first kappa shape index (κ1) is 18.0. The molecular weight excluding hydrogens is 367 g/mol. The van der Waals surface area contributed by atoms with Crippen molar-refractivity contribution < 1.29 is 17.6 Å². The molecule has 0 bridgehead atoms. The Morgan fingerprint density at radius 3 is 2.37 bits per heavy atom. The van der Waals surface area contributed by atoms with E-state index in [2.05, 4.69) is 0 Å². The van der Waals surface area contributed by atoms with Crippen molar-refractivity contribution in [3.8, 4) is 0 Å². The van der Waals surface area contributed by atoms with Crippen LogP contribution in [0.5, 0.6) is 0 Å². The summed E-state index contributed by atoms with van der Waals surface area (Å²) in [4.78, 5) is 16.2. The smallest absolute Gasteiger partial charge is 0.314 e. The Bertz CT molecular complexity index is 975. The van der Waals surface area contributed by atoms with Crippen LogP contribution in [0.1, 0.15) is 18.1 Å². The summed E-state index contributed by atoms with van der Waals surface area (Å²) in [6.07, 6.45) is 0.883. The van der Waals surface area contributed by atoms with E-state index in [4.69, 9.17) is 0 Å². The Kier molecular flexibility index (Phi) is 4.42. The molecule has 0 N–H and O–H groups in total. The third-order valence-electron chi connectivity index (χ3n) is 5.40. The van der Waals surface area contributed by atoms with Gasteiger partial charge in [0, 0.05) is 11.3 Å². The fraction of sp³-hybridized carbons (Fsp3) is 0.350. The fourth-order valence-corrected chi connectivity index (χ4v) is 5.92. The Morgan fingerprint density at radius 2 is 1.70 bits per heavy atom. The monoisotopic (exact) mass is 388 g/mol. The molecule has 0 aliphatic carbocycles. The summed E-state index contributed by atoms with van der Waals surface area (Å²) in [5, 5.41) is 0. The highest BCUT2D eigenvalue weighted by Gasteiger charge is 2.53. The van der Waals surface area contributed by atoms with E-state index < -0.39 is 27.7 Å². The maximum absolute atomic E-state index is 14.1. The maximum Gasteiger partial charge on any atom is 0.325 e. The van der Waals surface area contributed by atoms with Crippen molar-refractivity contribution in [3.05, 3.63) is 65.5 Å². The van der Waals surface area contributed by atoms with E-state index in [9.17, 15) is 17.6 Å². The molecular formula is C20H21FN2O3S. The van der Waals surface area contributed by atoms with Crippen molar-refractivity contribution in [3.63, 3.8) is 0 Å². The van der Waals surface area contributed by atoms with Gasteiger partial charge in [-0.05, 0) is 30.2 Å². The maximum atomic E-state index is 14.1. The SMILES string of the molecule is CCc1ccc(N2C(=O)N(Cc3ccccc3F)[C@H]3CS(=O)(=O)C[C@@H]32)cc1. The number of amides is 2. The molecule has 2 saturated heterocycles. The molecule has 2 aromatic carbocycles. The molecule has 2 atom stereocenters. The van der Waals surface area contributed by atoms with Crippen LogP contribution in [0, 0.1) is 5.82 Å². The second-order valence-electron chi connectivity index (χ2n) is 7.10. The largest absolute Gasteiger partial charge is 0.325 e. The molecule has 0 aromatic heterocycles. The predicted molar refractivity (Wildman–Crippen MR) is 102 cm³/mol. The number of carbonyl (C=O) groups is 1. The molecule has 2 fully saturated rings. The van der Waals surface area contributed by atoms with Gasteiger partial charge in [-0.2, -0.15) is 0 Å². The van der Waals surface area contributed by atoms with Crippen LogP contribution in [-0.4, -0.2) is 42.9 Å². The average Bonchev–Trinajstić information content (AvgIpc) is 3.07. The number of urea groups is 1. The zero-order valence-electron chi connectivity index (χ0n) is 15.0. The Labute approximate surface area is 158 Å². The van der Waals surface area contributed by atoms with Crippen molar-refractivity contribution in [1.82, 2.24) is 4.90 Å². The molecule has 142 valence electrons. The third kappa shape index (κ3) is 3.20. The van der Waals surface area contributed by atoms with E-state index in [1.165, 1.54) is 11.0 Å². The van der Waals surface area contributed by atoms with Crippen LogP contribution in [-0.2, 0) is 22.8 Å². The van der Waals surface area contributed by atoms with Gasteiger partial charge in [-0.3, -0.25) is 4.90 Å².